The second-order valence-electron chi connectivity index (χ2n) is 6.48. The first-order valence-corrected chi connectivity index (χ1v) is 10.4. The number of amides is 2. The summed E-state index contributed by atoms with van der Waals surface area (Å²) in [6, 6.07) is 14.3. The molecule has 10 heteroatoms. The van der Waals surface area contributed by atoms with Gasteiger partial charge < -0.3 is 4.42 Å². The van der Waals surface area contributed by atoms with Gasteiger partial charge in [0, 0.05) is 28.8 Å². The highest BCUT2D eigenvalue weighted by atomic mass is 35.5. The van der Waals surface area contributed by atoms with Crippen molar-refractivity contribution in [2.45, 2.75) is 6.54 Å². The highest BCUT2D eigenvalue weighted by Crippen LogP contribution is 2.36. The fourth-order valence-electron chi connectivity index (χ4n) is 2.96. The Morgan fingerprint density at radius 2 is 1.84 bits per heavy atom. The number of rotatable bonds is 5. The van der Waals surface area contributed by atoms with Gasteiger partial charge in [0.05, 0.1) is 21.4 Å². The summed E-state index contributed by atoms with van der Waals surface area (Å²) in [5.74, 6) is 0.273. The van der Waals surface area contributed by atoms with Gasteiger partial charge in [-0.2, -0.15) is 0 Å². The number of nitrogens with zero attached hydrogens (tertiary/aromatic N) is 2. The molecule has 0 N–H and O–H groups in total. The number of carbonyl (C=O) groups excluding carboxylic acids is 2. The minimum Gasteiger partial charge on any atom is -0.457 e. The summed E-state index contributed by atoms with van der Waals surface area (Å²) in [5.41, 5.74) is 1.01. The predicted octanol–water partition coefficient (Wildman–Crippen LogP) is 6.40. The highest BCUT2D eigenvalue weighted by Gasteiger charge is 2.35. The number of hydrogen-bond donors (Lipinski definition) is 0. The lowest BCUT2D eigenvalue weighted by molar-refractivity contribution is -0.384. The van der Waals surface area contributed by atoms with E-state index in [1.54, 1.807) is 36.4 Å². The van der Waals surface area contributed by atoms with Gasteiger partial charge in [0.1, 0.15) is 11.5 Å². The van der Waals surface area contributed by atoms with E-state index in [1.165, 1.54) is 24.3 Å². The summed E-state index contributed by atoms with van der Waals surface area (Å²) < 4.78 is 5.72. The lowest BCUT2D eigenvalue weighted by atomic mass is 10.1. The first-order valence-electron chi connectivity index (χ1n) is 8.86. The van der Waals surface area contributed by atoms with Crippen LogP contribution in [0.2, 0.25) is 10.0 Å². The van der Waals surface area contributed by atoms with E-state index in [9.17, 15) is 19.7 Å². The molecule has 4 rings (SSSR count). The molecule has 1 fully saturated rings. The fraction of sp³-hybridized carbons (Fsp3) is 0.0476. The Morgan fingerprint density at radius 1 is 1.06 bits per heavy atom. The number of halogens is 2. The van der Waals surface area contributed by atoms with Crippen molar-refractivity contribution < 1.29 is 18.9 Å². The van der Waals surface area contributed by atoms with Gasteiger partial charge in [-0.05, 0) is 41.6 Å². The molecule has 0 saturated carbocycles. The number of thioether (sulfide) groups is 1. The van der Waals surface area contributed by atoms with Gasteiger partial charge >= 0.3 is 0 Å². The molecule has 2 amide bonds. The molecule has 0 atom stereocenters. The van der Waals surface area contributed by atoms with Crippen molar-refractivity contribution in [1.82, 2.24) is 4.90 Å². The number of nitro groups is 1. The number of furan rings is 1. The van der Waals surface area contributed by atoms with Crippen molar-refractivity contribution in [3.05, 3.63) is 91.0 Å². The van der Waals surface area contributed by atoms with Crippen molar-refractivity contribution >= 4 is 57.9 Å². The van der Waals surface area contributed by atoms with Crippen LogP contribution in [0.15, 0.2) is 63.9 Å². The Bertz CT molecular complexity index is 1250. The van der Waals surface area contributed by atoms with E-state index in [0.717, 1.165) is 16.7 Å². The number of non-ortho nitro benzene ring substituents is 1. The van der Waals surface area contributed by atoms with Crippen LogP contribution in [0.3, 0.4) is 0 Å². The Balaban J connectivity index is 1.56. The van der Waals surface area contributed by atoms with Gasteiger partial charge in [0.15, 0.2) is 0 Å². The molecule has 1 aliphatic heterocycles. The summed E-state index contributed by atoms with van der Waals surface area (Å²) in [7, 11) is 0. The summed E-state index contributed by atoms with van der Waals surface area (Å²) in [4.78, 5) is 36.7. The molecule has 7 nitrogen and oxygen atoms in total. The number of hydrogen-bond acceptors (Lipinski definition) is 6. The SMILES string of the molecule is O=C1S/C(=C\c2ccc(-c3ccc([N+](=O)[O-])cc3Cl)o2)C(=O)N1Cc1ccccc1Cl. The van der Waals surface area contributed by atoms with Gasteiger partial charge in [-0.3, -0.25) is 24.6 Å². The van der Waals surface area contributed by atoms with E-state index < -0.39 is 16.1 Å². The lowest BCUT2D eigenvalue weighted by Gasteiger charge is -2.13. The molecule has 0 unspecified atom stereocenters. The minimum absolute atomic E-state index is 0.0729. The molecule has 2 heterocycles. The van der Waals surface area contributed by atoms with Crippen LogP contribution >= 0.6 is 35.0 Å². The van der Waals surface area contributed by atoms with Crippen molar-refractivity contribution in [3.63, 3.8) is 0 Å². The Hall–Kier alpha value is -3.07. The standard InChI is InChI=1S/C21H12Cl2N2O5S/c22-16-4-2-1-3-12(16)11-24-20(26)19(31-21(24)27)10-14-6-8-18(30-14)15-7-5-13(25(28)29)9-17(15)23/h1-10H,11H2/b19-10-. The molecular formula is C21H12Cl2N2O5S. The van der Waals surface area contributed by atoms with Crippen molar-refractivity contribution in [1.29, 1.82) is 0 Å². The van der Waals surface area contributed by atoms with Crippen molar-refractivity contribution in [2.75, 3.05) is 0 Å². The Morgan fingerprint density at radius 3 is 2.55 bits per heavy atom. The van der Waals surface area contributed by atoms with Crippen LogP contribution in [0, 0.1) is 10.1 Å². The highest BCUT2D eigenvalue weighted by molar-refractivity contribution is 8.18. The Labute approximate surface area is 190 Å². The van der Waals surface area contributed by atoms with Crippen LogP contribution in [-0.4, -0.2) is 21.0 Å². The first-order chi connectivity index (χ1) is 14.8. The maximum atomic E-state index is 12.7. The topological polar surface area (TPSA) is 93.7 Å². The summed E-state index contributed by atoms with van der Waals surface area (Å²) in [6.07, 6.45) is 1.47. The number of carbonyl (C=O) groups is 2. The number of imide groups is 1. The first kappa shape index (κ1) is 21.2. The number of nitro benzene ring substituents is 1. The molecule has 0 spiro atoms. The molecule has 0 bridgehead atoms. The summed E-state index contributed by atoms with van der Waals surface area (Å²) in [6.45, 7) is 0.0729. The molecule has 1 saturated heterocycles. The monoisotopic (exact) mass is 474 g/mol. The normalized spacial score (nSPS) is 15.2. The van der Waals surface area contributed by atoms with Crippen LogP contribution < -0.4 is 0 Å². The van der Waals surface area contributed by atoms with Gasteiger partial charge in [-0.1, -0.05) is 41.4 Å². The zero-order valence-corrected chi connectivity index (χ0v) is 17.9. The second-order valence-corrected chi connectivity index (χ2v) is 8.29. The van der Waals surface area contributed by atoms with Gasteiger partial charge in [0.25, 0.3) is 16.8 Å². The van der Waals surface area contributed by atoms with E-state index in [4.69, 9.17) is 27.6 Å². The summed E-state index contributed by atoms with van der Waals surface area (Å²) >= 11 is 13.1. The Kier molecular flexibility index (Phi) is 5.86. The van der Waals surface area contributed by atoms with E-state index in [2.05, 4.69) is 0 Å². The zero-order chi connectivity index (χ0) is 22.1. The summed E-state index contributed by atoms with van der Waals surface area (Å²) in [5, 5.41) is 11.1. The smallest absolute Gasteiger partial charge is 0.293 e. The van der Waals surface area contributed by atoms with Crippen molar-refractivity contribution in [2.24, 2.45) is 0 Å². The van der Waals surface area contributed by atoms with E-state index in [-0.39, 0.29) is 22.2 Å². The molecule has 156 valence electrons. The van der Waals surface area contributed by atoms with E-state index >= 15 is 0 Å². The van der Waals surface area contributed by atoms with Gasteiger partial charge in [0.2, 0.25) is 0 Å². The average Bonchev–Trinajstić information content (AvgIpc) is 3.29. The quantitative estimate of drug-likeness (QED) is 0.241. The van der Waals surface area contributed by atoms with Crippen LogP contribution in [0.5, 0.6) is 0 Å². The van der Waals surface area contributed by atoms with Crippen LogP contribution in [0.1, 0.15) is 11.3 Å². The van der Waals surface area contributed by atoms with E-state index in [1.807, 2.05) is 0 Å². The molecule has 0 radical (unpaired) electrons. The van der Waals surface area contributed by atoms with Gasteiger partial charge in [-0.15, -0.1) is 0 Å². The lowest BCUT2D eigenvalue weighted by Crippen LogP contribution is -2.27. The van der Waals surface area contributed by atoms with Gasteiger partial charge in [-0.25, -0.2) is 0 Å². The molecular weight excluding hydrogens is 463 g/mol. The molecule has 0 aliphatic carbocycles. The average molecular weight is 475 g/mol. The molecule has 1 aromatic heterocycles. The fourth-order valence-corrected chi connectivity index (χ4v) is 4.24. The van der Waals surface area contributed by atoms with E-state index in [0.29, 0.717) is 27.7 Å². The third-order valence-electron chi connectivity index (χ3n) is 4.49. The van der Waals surface area contributed by atoms with Crippen LogP contribution in [-0.2, 0) is 11.3 Å². The molecule has 2 aromatic carbocycles. The maximum Gasteiger partial charge on any atom is 0.293 e. The third kappa shape index (κ3) is 4.36. The number of benzene rings is 2. The van der Waals surface area contributed by atoms with Crippen molar-refractivity contribution in [3.8, 4) is 11.3 Å². The molecule has 3 aromatic rings. The zero-order valence-electron chi connectivity index (χ0n) is 15.6. The van der Waals surface area contributed by atoms with Crippen LogP contribution in [0.4, 0.5) is 10.5 Å². The molecule has 1 aliphatic rings. The largest absolute Gasteiger partial charge is 0.457 e. The second kappa shape index (κ2) is 8.58. The minimum atomic E-state index is -0.540. The maximum absolute atomic E-state index is 12.7. The van der Waals surface area contributed by atoms with Crippen LogP contribution in [0.25, 0.3) is 17.4 Å². The predicted molar refractivity (Wildman–Crippen MR) is 119 cm³/mol. The third-order valence-corrected chi connectivity index (χ3v) is 6.08. The molecule has 31 heavy (non-hydrogen) atoms.